The van der Waals surface area contributed by atoms with E-state index in [1.54, 1.807) is 0 Å². The van der Waals surface area contributed by atoms with Gasteiger partial charge in [0.2, 0.25) is 0 Å². The molecule has 12 rings (SSSR count). The fourth-order valence-corrected chi connectivity index (χ4v) is 10.0. The minimum atomic E-state index is -0.390. The van der Waals surface area contributed by atoms with Crippen LogP contribution >= 0.6 is 0 Å². The van der Waals surface area contributed by atoms with Crippen molar-refractivity contribution in [3.63, 3.8) is 0 Å². The normalized spacial score (nSPS) is 13.4. The summed E-state index contributed by atoms with van der Waals surface area (Å²) in [5, 5.41) is 10.8. The van der Waals surface area contributed by atoms with Crippen molar-refractivity contribution in [3.8, 4) is 44.5 Å². The number of amidine groups is 2. The van der Waals surface area contributed by atoms with Crippen LogP contribution in [0.2, 0.25) is 0 Å². The quantitative estimate of drug-likeness (QED) is 0.137. The molecule has 290 valence electrons. The molecule has 1 spiro atoms. The highest BCUT2D eigenvalue weighted by molar-refractivity contribution is 6.18. The molecule has 4 heteroatoms. The van der Waals surface area contributed by atoms with E-state index in [0.717, 1.165) is 49.8 Å². The van der Waals surface area contributed by atoms with Gasteiger partial charge in [0.05, 0.1) is 5.41 Å². The lowest BCUT2D eigenvalue weighted by Crippen LogP contribution is -2.25. The van der Waals surface area contributed by atoms with Crippen LogP contribution in [-0.2, 0) is 5.41 Å². The SMILES string of the molecule is N=C(N=C(N=Cc1cccc2oc3ccc(-c4cccc(-c5cccc6c5-c5ccccc5C65c6ccccc6-c6ccccc65)c4)cc3c12)c1ccccc1)c1ccccc1. The summed E-state index contributed by atoms with van der Waals surface area (Å²) >= 11 is 0. The second-order valence-corrected chi connectivity index (χ2v) is 16.0. The van der Waals surface area contributed by atoms with Crippen molar-refractivity contribution in [3.05, 3.63) is 251 Å². The lowest BCUT2D eigenvalue weighted by molar-refractivity contribution is 0.669. The van der Waals surface area contributed by atoms with Crippen molar-refractivity contribution in [1.29, 1.82) is 5.41 Å². The van der Waals surface area contributed by atoms with Gasteiger partial charge >= 0.3 is 0 Å². The third-order valence-electron chi connectivity index (χ3n) is 12.7. The molecule has 0 amide bonds. The number of furan rings is 1. The van der Waals surface area contributed by atoms with Crippen LogP contribution in [0.3, 0.4) is 0 Å². The first-order valence-electron chi connectivity index (χ1n) is 21.0. The van der Waals surface area contributed by atoms with Crippen molar-refractivity contribution in [1.82, 2.24) is 0 Å². The van der Waals surface area contributed by atoms with Gasteiger partial charge in [-0.15, -0.1) is 0 Å². The summed E-state index contributed by atoms with van der Waals surface area (Å²) in [6.07, 6.45) is 1.84. The number of nitrogens with one attached hydrogen (secondary N) is 1. The van der Waals surface area contributed by atoms with Gasteiger partial charge in [-0.2, -0.15) is 0 Å². The Labute approximate surface area is 359 Å². The van der Waals surface area contributed by atoms with Crippen molar-refractivity contribution in [2.24, 2.45) is 9.98 Å². The molecule has 2 aliphatic carbocycles. The summed E-state index contributed by atoms with van der Waals surface area (Å²) in [5.74, 6) is 0.614. The molecule has 0 atom stereocenters. The standard InChI is InChI=1S/C58H37N3O/c59-56(37-16-3-1-4-17-37)61-57(38-18-5-2-6-19-38)60-36-42-22-14-31-53-54(42)47-35-40(32-33-52(47)62-53)39-20-13-21-41(34-39)43-26-15-30-51-55(43)46-25-9-12-29-50(46)58(51)48-27-10-7-23-44(48)45-24-8-11-28-49(45)58/h1-36,59H. The Morgan fingerprint density at radius 2 is 1.02 bits per heavy atom. The van der Waals surface area contributed by atoms with Crippen LogP contribution in [-0.4, -0.2) is 17.9 Å². The zero-order valence-corrected chi connectivity index (χ0v) is 33.6. The highest BCUT2D eigenvalue weighted by Gasteiger charge is 2.51. The van der Waals surface area contributed by atoms with Crippen LogP contribution in [0.4, 0.5) is 0 Å². The largest absolute Gasteiger partial charge is 0.456 e. The van der Waals surface area contributed by atoms with Crippen molar-refractivity contribution in [2.75, 3.05) is 0 Å². The number of rotatable bonds is 5. The number of fused-ring (bicyclic) bond motifs is 13. The van der Waals surface area contributed by atoms with Crippen LogP contribution in [0.25, 0.3) is 66.4 Å². The maximum absolute atomic E-state index is 8.76. The summed E-state index contributed by atoms with van der Waals surface area (Å²) in [6.45, 7) is 0. The van der Waals surface area contributed by atoms with Gasteiger partial charge < -0.3 is 4.42 Å². The van der Waals surface area contributed by atoms with Gasteiger partial charge in [-0.1, -0.05) is 188 Å². The van der Waals surface area contributed by atoms with E-state index in [-0.39, 0.29) is 5.84 Å². The second kappa shape index (κ2) is 14.2. The van der Waals surface area contributed by atoms with Crippen LogP contribution in [0.15, 0.2) is 227 Å². The molecule has 0 fully saturated rings. The molecule has 0 unspecified atom stereocenters. The molecule has 0 saturated heterocycles. The Kier molecular flexibility index (Phi) is 8.19. The molecule has 1 heterocycles. The lowest BCUT2D eigenvalue weighted by Gasteiger charge is -2.30. The molecule has 9 aromatic carbocycles. The summed E-state index contributed by atoms with van der Waals surface area (Å²) in [5.41, 5.74) is 18.8. The first-order valence-corrected chi connectivity index (χ1v) is 21.0. The van der Waals surface area contributed by atoms with E-state index < -0.39 is 5.41 Å². The third-order valence-corrected chi connectivity index (χ3v) is 12.7. The summed E-state index contributed by atoms with van der Waals surface area (Å²) in [4.78, 5) is 9.63. The second-order valence-electron chi connectivity index (χ2n) is 16.0. The number of nitrogens with zero attached hydrogens (tertiary/aromatic N) is 2. The van der Waals surface area contributed by atoms with E-state index in [2.05, 4.69) is 140 Å². The zero-order chi connectivity index (χ0) is 41.2. The Balaban J connectivity index is 0.966. The average molecular weight is 792 g/mol. The van der Waals surface area contributed by atoms with E-state index in [4.69, 9.17) is 19.8 Å². The molecule has 62 heavy (non-hydrogen) atoms. The fourth-order valence-electron chi connectivity index (χ4n) is 10.0. The van der Waals surface area contributed by atoms with E-state index in [1.807, 2.05) is 79.0 Å². The van der Waals surface area contributed by atoms with Gasteiger partial charge in [-0.05, 0) is 91.0 Å². The Hall–Kier alpha value is -8.21. The molecule has 2 aliphatic rings. The molecule has 10 aromatic rings. The van der Waals surface area contributed by atoms with Gasteiger partial charge in [-0.25, -0.2) is 9.98 Å². The van der Waals surface area contributed by atoms with Crippen molar-refractivity contribution in [2.45, 2.75) is 5.41 Å². The minimum Gasteiger partial charge on any atom is -0.456 e. The molecule has 1 aromatic heterocycles. The van der Waals surface area contributed by atoms with Crippen LogP contribution in [0.5, 0.6) is 0 Å². The third kappa shape index (κ3) is 5.43. The minimum absolute atomic E-state index is 0.152. The summed E-state index contributed by atoms with van der Waals surface area (Å²) in [7, 11) is 0. The van der Waals surface area contributed by atoms with Crippen LogP contribution < -0.4 is 0 Å². The smallest absolute Gasteiger partial charge is 0.161 e. The van der Waals surface area contributed by atoms with Crippen LogP contribution in [0.1, 0.15) is 38.9 Å². The summed E-state index contributed by atoms with van der Waals surface area (Å²) < 4.78 is 6.44. The van der Waals surface area contributed by atoms with E-state index in [0.29, 0.717) is 5.84 Å². The van der Waals surface area contributed by atoms with Crippen LogP contribution in [0, 0.1) is 5.41 Å². The molecule has 4 nitrogen and oxygen atoms in total. The molecular formula is C58H37N3O. The number of hydrogen-bond donors (Lipinski definition) is 1. The van der Waals surface area contributed by atoms with Crippen molar-refractivity contribution >= 4 is 39.8 Å². The van der Waals surface area contributed by atoms with Gasteiger partial charge in [-0.3, -0.25) is 5.41 Å². The van der Waals surface area contributed by atoms with Gasteiger partial charge in [0, 0.05) is 33.7 Å². The molecule has 0 aliphatic heterocycles. The predicted octanol–water partition coefficient (Wildman–Crippen LogP) is 14.2. The van der Waals surface area contributed by atoms with Gasteiger partial charge in [0.15, 0.2) is 11.7 Å². The maximum atomic E-state index is 8.76. The first-order chi connectivity index (χ1) is 30.7. The average Bonchev–Trinajstić information content (AvgIpc) is 3.98. The Morgan fingerprint density at radius 1 is 0.452 bits per heavy atom. The molecule has 0 bridgehead atoms. The molecule has 1 N–H and O–H groups in total. The van der Waals surface area contributed by atoms with E-state index in [1.165, 1.54) is 55.6 Å². The number of aliphatic imine (C=N–C) groups is 2. The predicted molar refractivity (Wildman–Crippen MR) is 255 cm³/mol. The zero-order valence-electron chi connectivity index (χ0n) is 33.6. The van der Waals surface area contributed by atoms with Crippen molar-refractivity contribution < 1.29 is 4.42 Å². The van der Waals surface area contributed by atoms with E-state index in [9.17, 15) is 0 Å². The maximum Gasteiger partial charge on any atom is 0.161 e. The molecule has 0 radical (unpaired) electrons. The number of hydrogen-bond acceptors (Lipinski definition) is 2. The summed E-state index contributed by atoms with van der Waals surface area (Å²) in [6, 6.07) is 74.6. The highest BCUT2D eigenvalue weighted by atomic mass is 16.3. The topological polar surface area (TPSA) is 61.7 Å². The van der Waals surface area contributed by atoms with Gasteiger partial charge in [0.1, 0.15) is 11.2 Å². The number of benzene rings is 9. The Morgan fingerprint density at radius 3 is 1.76 bits per heavy atom. The van der Waals surface area contributed by atoms with Gasteiger partial charge in [0.25, 0.3) is 0 Å². The lowest BCUT2D eigenvalue weighted by atomic mass is 9.70. The molecular weight excluding hydrogens is 755 g/mol. The monoisotopic (exact) mass is 791 g/mol. The highest BCUT2D eigenvalue weighted by Crippen LogP contribution is 2.64. The first kappa shape index (κ1) is 35.7. The van der Waals surface area contributed by atoms with E-state index >= 15 is 0 Å². The Bertz CT molecular complexity index is 3440. The fraction of sp³-hybridized carbons (Fsp3) is 0.0172. The molecule has 0 saturated carbocycles.